The van der Waals surface area contributed by atoms with Gasteiger partial charge in [-0.15, -0.1) is 11.3 Å². The Bertz CT molecular complexity index is 1140. The molecular weight excluding hydrogens is 454 g/mol. The first-order chi connectivity index (χ1) is 14.1. The van der Waals surface area contributed by atoms with Crippen LogP contribution in [0.2, 0.25) is 0 Å². The maximum atomic E-state index is 5.44. The third-order valence-electron chi connectivity index (χ3n) is 4.37. The van der Waals surface area contributed by atoms with Crippen molar-refractivity contribution >= 4 is 49.0 Å². The van der Waals surface area contributed by atoms with E-state index in [2.05, 4.69) is 49.4 Å². The van der Waals surface area contributed by atoms with Crippen LogP contribution >= 0.6 is 27.3 Å². The molecule has 2 aromatic carbocycles. The van der Waals surface area contributed by atoms with Crippen LogP contribution in [0.5, 0.6) is 17.2 Å². The molecule has 0 amide bonds. The van der Waals surface area contributed by atoms with Crippen LogP contribution in [-0.4, -0.2) is 31.3 Å². The fourth-order valence-electron chi connectivity index (χ4n) is 2.99. The van der Waals surface area contributed by atoms with E-state index in [4.69, 9.17) is 14.2 Å². The van der Waals surface area contributed by atoms with Crippen molar-refractivity contribution in [3.63, 3.8) is 0 Å². The Morgan fingerprint density at radius 3 is 2.21 bits per heavy atom. The van der Waals surface area contributed by atoms with Crippen LogP contribution in [0.25, 0.3) is 20.7 Å². The number of rotatable bonds is 6. The van der Waals surface area contributed by atoms with Crippen molar-refractivity contribution in [1.82, 2.24) is 9.97 Å². The number of anilines is 2. The van der Waals surface area contributed by atoms with Crippen LogP contribution in [0.15, 0.2) is 53.3 Å². The Morgan fingerprint density at radius 1 is 0.897 bits per heavy atom. The zero-order chi connectivity index (χ0) is 20.4. The van der Waals surface area contributed by atoms with Crippen LogP contribution in [0.1, 0.15) is 0 Å². The summed E-state index contributed by atoms with van der Waals surface area (Å²) in [5.74, 6) is 2.41. The van der Waals surface area contributed by atoms with Gasteiger partial charge in [-0.2, -0.15) is 0 Å². The largest absolute Gasteiger partial charge is 0.493 e. The number of nitrogens with one attached hydrogen (secondary N) is 1. The molecule has 4 aromatic rings. The summed E-state index contributed by atoms with van der Waals surface area (Å²) in [6.07, 6.45) is 1.56. The number of nitrogens with zero attached hydrogens (tertiary/aromatic N) is 2. The number of methoxy groups -OCH3 is 3. The maximum absolute atomic E-state index is 5.44. The third-order valence-corrected chi connectivity index (χ3v) is 6.08. The Labute approximate surface area is 180 Å². The Balaban J connectivity index is 1.74. The lowest BCUT2D eigenvalue weighted by Gasteiger charge is -2.15. The zero-order valence-electron chi connectivity index (χ0n) is 16.0. The van der Waals surface area contributed by atoms with E-state index in [1.165, 1.54) is 0 Å². The number of thiophene rings is 1. The minimum atomic E-state index is 0.544. The van der Waals surface area contributed by atoms with Crippen molar-refractivity contribution in [3.8, 4) is 27.7 Å². The molecule has 0 atom stereocenters. The minimum Gasteiger partial charge on any atom is -0.493 e. The molecule has 0 fully saturated rings. The molecule has 0 aliphatic rings. The van der Waals surface area contributed by atoms with Gasteiger partial charge in [0.05, 0.1) is 31.5 Å². The van der Waals surface area contributed by atoms with Crippen molar-refractivity contribution in [1.29, 1.82) is 0 Å². The highest BCUT2D eigenvalue weighted by molar-refractivity contribution is 9.10. The molecule has 0 unspecified atom stereocenters. The third kappa shape index (κ3) is 3.86. The van der Waals surface area contributed by atoms with Gasteiger partial charge < -0.3 is 19.5 Å². The number of hydrogen-bond donors (Lipinski definition) is 1. The molecule has 0 saturated carbocycles. The molecule has 2 heterocycles. The number of benzene rings is 2. The Kier molecular flexibility index (Phi) is 5.55. The summed E-state index contributed by atoms with van der Waals surface area (Å²) < 4.78 is 18.3. The van der Waals surface area contributed by atoms with E-state index in [9.17, 15) is 0 Å². The molecule has 8 heteroatoms. The molecule has 6 nitrogen and oxygen atoms in total. The first-order valence-electron chi connectivity index (χ1n) is 8.70. The Hall–Kier alpha value is -2.84. The number of fused-ring (bicyclic) bond motifs is 1. The van der Waals surface area contributed by atoms with E-state index >= 15 is 0 Å². The zero-order valence-corrected chi connectivity index (χ0v) is 18.4. The molecule has 0 aliphatic carbocycles. The second-order valence-electron chi connectivity index (χ2n) is 6.09. The standard InChI is InChI=1S/C21H18BrN3O3S/c1-26-16-8-14(9-17(27-2)19(16)28-3)25-21-20-15(23-11-24-21)10-18(29-20)12-4-6-13(22)7-5-12/h4-11H,1-3H3,(H,23,24,25). The molecule has 0 aliphatic heterocycles. The molecule has 0 saturated heterocycles. The number of halogens is 1. The van der Waals surface area contributed by atoms with Crippen LogP contribution in [0, 0.1) is 0 Å². The predicted octanol–water partition coefficient (Wildman–Crippen LogP) is 5.89. The lowest BCUT2D eigenvalue weighted by Crippen LogP contribution is -1.99. The first-order valence-corrected chi connectivity index (χ1v) is 10.3. The molecular formula is C21H18BrN3O3S. The number of aromatic nitrogens is 2. The molecule has 4 rings (SSSR count). The fourth-order valence-corrected chi connectivity index (χ4v) is 4.32. The summed E-state index contributed by atoms with van der Waals surface area (Å²) in [4.78, 5) is 9.99. The van der Waals surface area contributed by atoms with Crippen molar-refractivity contribution in [2.45, 2.75) is 0 Å². The van der Waals surface area contributed by atoms with Crippen molar-refractivity contribution < 1.29 is 14.2 Å². The average molecular weight is 472 g/mol. The highest BCUT2D eigenvalue weighted by atomic mass is 79.9. The lowest BCUT2D eigenvalue weighted by atomic mass is 10.2. The number of hydrogen-bond acceptors (Lipinski definition) is 7. The summed E-state index contributed by atoms with van der Waals surface area (Å²) in [6.45, 7) is 0. The second kappa shape index (κ2) is 8.26. The van der Waals surface area contributed by atoms with E-state index in [0.29, 0.717) is 17.2 Å². The smallest absolute Gasteiger partial charge is 0.203 e. The van der Waals surface area contributed by atoms with Crippen molar-refractivity contribution in [2.24, 2.45) is 0 Å². The van der Waals surface area contributed by atoms with E-state index in [0.717, 1.165) is 36.6 Å². The molecule has 148 valence electrons. The predicted molar refractivity (Wildman–Crippen MR) is 120 cm³/mol. The Morgan fingerprint density at radius 2 is 1.59 bits per heavy atom. The average Bonchev–Trinajstić information content (AvgIpc) is 3.19. The molecule has 0 bridgehead atoms. The van der Waals surface area contributed by atoms with Gasteiger partial charge in [0.25, 0.3) is 0 Å². The van der Waals surface area contributed by atoms with Gasteiger partial charge in [-0.1, -0.05) is 28.1 Å². The summed E-state index contributed by atoms with van der Waals surface area (Å²) >= 11 is 5.12. The topological polar surface area (TPSA) is 65.5 Å². The van der Waals surface area contributed by atoms with Crippen molar-refractivity contribution in [3.05, 3.63) is 53.3 Å². The van der Waals surface area contributed by atoms with Gasteiger partial charge in [0.1, 0.15) is 6.33 Å². The summed E-state index contributed by atoms with van der Waals surface area (Å²) in [5, 5.41) is 3.36. The van der Waals surface area contributed by atoms with E-state index in [-0.39, 0.29) is 0 Å². The molecule has 0 radical (unpaired) electrons. The summed E-state index contributed by atoms with van der Waals surface area (Å²) in [5.41, 5.74) is 2.80. The fraction of sp³-hybridized carbons (Fsp3) is 0.143. The van der Waals surface area contributed by atoms with E-state index < -0.39 is 0 Å². The van der Waals surface area contributed by atoms with Crippen LogP contribution in [0.4, 0.5) is 11.5 Å². The van der Waals surface area contributed by atoms with Gasteiger partial charge in [0.2, 0.25) is 5.75 Å². The van der Waals surface area contributed by atoms with Gasteiger partial charge in [-0.3, -0.25) is 0 Å². The van der Waals surface area contributed by atoms with E-state index in [1.54, 1.807) is 39.0 Å². The van der Waals surface area contributed by atoms with Gasteiger partial charge in [0.15, 0.2) is 17.3 Å². The highest BCUT2D eigenvalue weighted by Gasteiger charge is 2.15. The highest BCUT2D eigenvalue weighted by Crippen LogP contribution is 2.42. The number of ether oxygens (including phenoxy) is 3. The summed E-state index contributed by atoms with van der Waals surface area (Å²) in [7, 11) is 4.76. The maximum Gasteiger partial charge on any atom is 0.203 e. The second-order valence-corrected chi connectivity index (χ2v) is 8.06. The molecule has 1 N–H and O–H groups in total. The van der Waals surface area contributed by atoms with Crippen LogP contribution in [-0.2, 0) is 0 Å². The molecule has 0 spiro atoms. The van der Waals surface area contributed by atoms with Crippen LogP contribution < -0.4 is 19.5 Å². The van der Waals surface area contributed by atoms with Gasteiger partial charge >= 0.3 is 0 Å². The van der Waals surface area contributed by atoms with Crippen LogP contribution in [0.3, 0.4) is 0 Å². The summed E-state index contributed by atoms with van der Waals surface area (Å²) in [6, 6.07) is 14.0. The van der Waals surface area contributed by atoms with Gasteiger partial charge in [0, 0.05) is 27.2 Å². The molecule has 2 aromatic heterocycles. The quantitative estimate of drug-likeness (QED) is 0.378. The molecule has 29 heavy (non-hydrogen) atoms. The van der Waals surface area contributed by atoms with Gasteiger partial charge in [-0.05, 0) is 23.8 Å². The first kappa shape index (κ1) is 19.5. The van der Waals surface area contributed by atoms with Crippen molar-refractivity contribution in [2.75, 3.05) is 26.6 Å². The minimum absolute atomic E-state index is 0.544. The van der Waals surface area contributed by atoms with E-state index in [1.807, 2.05) is 24.3 Å². The SMILES string of the molecule is COc1cc(Nc2ncnc3cc(-c4ccc(Br)cc4)sc23)cc(OC)c1OC. The van der Waals surface area contributed by atoms with Gasteiger partial charge in [-0.25, -0.2) is 9.97 Å². The lowest BCUT2D eigenvalue weighted by molar-refractivity contribution is 0.324. The monoisotopic (exact) mass is 471 g/mol. The normalized spacial score (nSPS) is 10.8.